The molecule has 2 fully saturated rings. The number of piperazine rings is 1. The highest BCUT2D eigenvalue weighted by Crippen LogP contribution is 2.21. The van der Waals surface area contributed by atoms with Crippen LogP contribution in [0, 0.1) is 12.8 Å². The molecule has 0 radical (unpaired) electrons. The molecule has 8 nitrogen and oxygen atoms in total. The van der Waals surface area contributed by atoms with Gasteiger partial charge in [-0.25, -0.2) is 9.97 Å². The fourth-order valence-electron chi connectivity index (χ4n) is 4.47. The van der Waals surface area contributed by atoms with E-state index in [9.17, 15) is 4.79 Å². The standard InChI is InChI=1S/C24H34N6O2/c1-19-9-10-26-24(27-19)30-12-3-4-20(18-30)23(31)25-11-13-28-14-16-29(17-15-28)21-5-7-22(32-2)8-6-21/h5-10,20H,3-4,11-18H2,1-2H3,(H,25,31). The Kier molecular flexibility index (Phi) is 7.42. The lowest BCUT2D eigenvalue weighted by Gasteiger charge is -2.36. The summed E-state index contributed by atoms with van der Waals surface area (Å²) >= 11 is 0. The summed E-state index contributed by atoms with van der Waals surface area (Å²) in [4.78, 5) is 28.6. The Morgan fingerprint density at radius 2 is 1.88 bits per heavy atom. The van der Waals surface area contributed by atoms with Gasteiger partial charge in [0.25, 0.3) is 0 Å². The van der Waals surface area contributed by atoms with Crippen molar-refractivity contribution < 1.29 is 9.53 Å². The minimum Gasteiger partial charge on any atom is -0.497 e. The zero-order valence-electron chi connectivity index (χ0n) is 19.2. The molecule has 1 N–H and O–H groups in total. The maximum Gasteiger partial charge on any atom is 0.225 e. The molecule has 0 aliphatic carbocycles. The minimum atomic E-state index is -0.000202. The number of nitrogens with zero attached hydrogens (tertiary/aromatic N) is 5. The van der Waals surface area contributed by atoms with E-state index < -0.39 is 0 Å². The zero-order valence-corrected chi connectivity index (χ0v) is 19.2. The molecule has 1 aromatic carbocycles. The third-order valence-corrected chi connectivity index (χ3v) is 6.39. The number of carbonyl (C=O) groups is 1. The third kappa shape index (κ3) is 5.68. The lowest BCUT2D eigenvalue weighted by molar-refractivity contribution is -0.125. The molecule has 32 heavy (non-hydrogen) atoms. The Balaban J connectivity index is 1.18. The van der Waals surface area contributed by atoms with E-state index in [-0.39, 0.29) is 11.8 Å². The molecule has 172 valence electrons. The van der Waals surface area contributed by atoms with Crippen LogP contribution in [0.3, 0.4) is 0 Å². The smallest absolute Gasteiger partial charge is 0.225 e. The number of carbonyl (C=O) groups excluding carboxylic acids is 1. The number of aromatic nitrogens is 2. The second-order valence-electron chi connectivity index (χ2n) is 8.60. The van der Waals surface area contributed by atoms with Crippen molar-refractivity contribution in [3.8, 4) is 5.75 Å². The quantitative estimate of drug-likeness (QED) is 0.708. The molecule has 4 rings (SSSR count). The predicted molar refractivity (Wildman–Crippen MR) is 126 cm³/mol. The maximum atomic E-state index is 12.8. The van der Waals surface area contributed by atoms with Crippen molar-refractivity contribution in [2.45, 2.75) is 19.8 Å². The molecule has 1 aromatic heterocycles. The molecular weight excluding hydrogens is 404 g/mol. The number of anilines is 2. The molecule has 1 amide bonds. The fourth-order valence-corrected chi connectivity index (χ4v) is 4.47. The molecular formula is C24H34N6O2. The highest BCUT2D eigenvalue weighted by Gasteiger charge is 2.27. The number of hydrogen-bond acceptors (Lipinski definition) is 7. The molecule has 2 aromatic rings. The van der Waals surface area contributed by atoms with Crippen LogP contribution in [0.25, 0.3) is 0 Å². The van der Waals surface area contributed by atoms with Gasteiger partial charge < -0.3 is 19.9 Å². The molecule has 2 saturated heterocycles. The monoisotopic (exact) mass is 438 g/mol. The van der Waals surface area contributed by atoms with Crippen molar-refractivity contribution in [2.75, 3.05) is 69.3 Å². The van der Waals surface area contributed by atoms with Gasteiger partial charge in [-0.15, -0.1) is 0 Å². The van der Waals surface area contributed by atoms with E-state index in [1.807, 2.05) is 25.1 Å². The van der Waals surface area contributed by atoms with Crippen LogP contribution in [-0.4, -0.2) is 80.2 Å². The molecule has 0 spiro atoms. The van der Waals surface area contributed by atoms with Gasteiger partial charge >= 0.3 is 0 Å². The number of nitrogens with one attached hydrogen (secondary N) is 1. The second-order valence-corrected chi connectivity index (χ2v) is 8.60. The van der Waals surface area contributed by atoms with E-state index in [1.165, 1.54) is 5.69 Å². The average molecular weight is 439 g/mol. The van der Waals surface area contributed by atoms with E-state index in [4.69, 9.17) is 4.74 Å². The number of rotatable bonds is 7. The van der Waals surface area contributed by atoms with Crippen molar-refractivity contribution in [2.24, 2.45) is 5.92 Å². The summed E-state index contributed by atoms with van der Waals surface area (Å²) in [5.74, 6) is 1.77. The van der Waals surface area contributed by atoms with Crippen LogP contribution in [0.15, 0.2) is 36.5 Å². The Morgan fingerprint density at radius 1 is 1.09 bits per heavy atom. The van der Waals surface area contributed by atoms with Crippen molar-refractivity contribution in [1.82, 2.24) is 20.2 Å². The van der Waals surface area contributed by atoms with E-state index >= 15 is 0 Å². The van der Waals surface area contributed by atoms with E-state index in [1.54, 1.807) is 13.3 Å². The van der Waals surface area contributed by atoms with Crippen LogP contribution in [0.2, 0.25) is 0 Å². The topological polar surface area (TPSA) is 73.8 Å². The van der Waals surface area contributed by atoms with Crippen LogP contribution in [0.5, 0.6) is 5.75 Å². The highest BCUT2D eigenvalue weighted by molar-refractivity contribution is 5.79. The van der Waals surface area contributed by atoms with Gasteiger partial charge in [0.15, 0.2) is 0 Å². The number of amides is 1. The van der Waals surface area contributed by atoms with Crippen LogP contribution in [-0.2, 0) is 4.79 Å². The molecule has 2 aliphatic rings. The van der Waals surface area contributed by atoms with Crippen molar-refractivity contribution in [3.63, 3.8) is 0 Å². The fraction of sp³-hybridized carbons (Fsp3) is 0.542. The number of methoxy groups -OCH3 is 1. The summed E-state index contributed by atoms with van der Waals surface area (Å²) < 4.78 is 5.24. The van der Waals surface area contributed by atoms with E-state index in [2.05, 4.69) is 42.1 Å². The lowest BCUT2D eigenvalue weighted by atomic mass is 9.97. The number of benzene rings is 1. The first-order valence-corrected chi connectivity index (χ1v) is 11.6. The van der Waals surface area contributed by atoms with Crippen LogP contribution >= 0.6 is 0 Å². The zero-order chi connectivity index (χ0) is 22.3. The molecule has 2 aliphatic heterocycles. The van der Waals surface area contributed by atoms with Gasteiger partial charge in [-0.3, -0.25) is 9.69 Å². The van der Waals surface area contributed by atoms with E-state index in [0.29, 0.717) is 13.1 Å². The van der Waals surface area contributed by atoms with Crippen molar-refractivity contribution in [3.05, 3.63) is 42.2 Å². The van der Waals surface area contributed by atoms with Crippen LogP contribution in [0.4, 0.5) is 11.6 Å². The maximum absolute atomic E-state index is 12.8. The molecule has 0 bridgehead atoms. The number of piperidine rings is 1. The minimum absolute atomic E-state index is 0.000202. The molecule has 1 unspecified atom stereocenters. The Morgan fingerprint density at radius 3 is 2.59 bits per heavy atom. The summed E-state index contributed by atoms with van der Waals surface area (Å²) in [5, 5.41) is 3.16. The van der Waals surface area contributed by atoms with Crippen molar-refractivity contribution >= 4 is 17.5 Å². The van der Waals surface area contributed by atoms with Gasteiger partial charge in [-0.1, -0.05) is 0 Å². The first-order valence-electron chi connectivity index (χ1n) is 11.6. The Hall–Kier alpha value is -2.87. The normalized spacial score (nSPS) is 19.6. The summed E-state index contributed by atoms with van der Waals surface area (Å²) in [7, 11) is 1.69. The predicted octanol–water partition coefficient (Wildman–Crippen LogP) is 1.95. The van der Waals surface area contributed by atoms with Gasteiger partial charge in [0.1, 0.15) is 5.75 Å². The molecule has 8 heteroatoms. The van der Waals surface area contributed by atoms with Gasteiger partial charge in [0.2, 0.25) is 11.9 Å². The average Bonchev–Trinajstić information content (AvgIpc) is 2.84. The van der Waals surface area contributed by atoms with Gasteiger partial charge in [-0.2, -0.15) is 0 Å². The molecule has 0 saturated carbocycles. The first-order chi connectivity index (χ1) is 15.6. The number of ether oxygens (including phenoxy) is 1. The SMILES string of the molecule is COc1ccc(N2CCN(CCNC(=O)C3CCCN(c4nccc(C)n4)C3)CC2)cc1. The molecule has 3 heterocycles. The van der Waals surface area contributed by atoms with Crippen LogP contribution in [0.1, 0.15) is 18.5 Å². The van der Waals surface area contributed by atoms with Gasteiger partial charge in [0, 0.05) is 69.9 Å². The summed E-state index contributed by atoms with van der Waals surface area (Å²) in [6.07, 6.45) is 3.70. The van der Waals surface area contributed by atoms with Crippen molar-refractivity contribution in [1.29, 1.82) is 0 Å². The Labute approximate surface area is 190 Å². The third-order valence-electron chi connectivity index (χ3n) is 6.39. The second kappa shape index (κ2) is 10.6. The summed E-state index contributed by atoms with van der Waals surface area (Å²) in [5.41, 5.74) is 2.19. The van der Waals surface area contributed by atoms with E-state index in [0.717, 1.165) is 69.5 Å². The van der Waals surface area contributed by atoms with Crippen LogP contribution < -0.4 is 19.9 Å². The lowest BCUT2D eigenvalue weighted by Crippen LogP contribution is -2.49. The van der Waals surface area contributed by atoms with Gasteiger partial charge in [0.05, 0.1) is 13.0 Å². The highest BCUT2D eigenvalue weighted by atomic mass is 16.5. The van der Waals surface area contributed by atoms with Gasteiger partial charge in [-0.05, 0) is 50.1 Å². The largest absolute Gasteiger partial charge is 0.497 e. The Bertz CT molecular complexity index is 882. The number of hydrogen-bond donors (Lipinski definition) is 1. The number of aryl methyl sites for hydroxylation is 1. The summed E-state index contributed by atoms with van der Waals surface area (Å²) in [6, 6.07) is 10.1. The summed E-state index contributed by atoms with van der Waals surface area (Å²) in [6.45, 7) is 9.15. The molecule has 1 atom stereocenters. The first kappa shape index (κ1) is 22.3.